The van der Waals surface area contributed by atoms with Gasteiger partial charge in [0.05, 0.1) is 33.0 Å². The van der Waals surface area contributed by atoms with E-state index < -0.39 is 0 Å². The maximum Gasteiger partial charge on any atom is 0.194 e. The monoisotopic (exact) mass is 390 g/mol. The summed E-state index contributed by atoms with van der Waals surface area (Å²) in [5, 5.41) is 3.41. The van der Waals surface area contributed by atoms with E-state index in [0.717, 1.165) is 63.9 Å². The SMILES string of the molecule is CCNC(=NCCOCC1CCCO1)N1CCN(c2ccc(OC)cc2)CC1. The Balaban J connectivity index is 1.43. The average Bonchev–Trinajstić information content (AvgIpc) is 3.26. The van der Waals surface area contributed by atoms with Crippen LogP contribution in [0.15, 0.2) is 29.3 Å². The molecule has 1 aromatic rings. The number of anilines is 1. The molecule has 2 aliphatic heterocycles. The van der Waals surface area contributed by atoms with E-state index >= 15 is 0 Å². The Labute approximate surface area is 168 Å². The normalized spacial score (nSPS) is 20.5. The lowest BCUT2D eigenvalue weighted by molar-refractivity contribution is 0.0199. The smallest absolute Gasteiger partial charge is 0.194 e. The average molecular weight is 391 g/mol. The molecule has 0 radical (unpaired) electrons. The lowest BCUT2D eigenvalue weighted by Crippen LogP contribution is -2.52. The Hall–Kier alpha value is -1.99. The number of hydrogen-bond acceptors (Lipinski definition) is 5. The summed E-state index contributed by atoms with van der Waals surface area (Å²) in [5.41, 5.74) is 1.24. The van der Waals surface area contributed by atoms with Crippen molar-refractivity contribution in [1.29, 1.82) is 0 Å². The quantitative estimate of drug-likeness (QED) is 0.416. The van der Waals surface area contributed by atoms with Crippen molar-refractivity contribution in [3.05, 3.63) is 24.3 Å². The zero-order valence-electron chi connectivity index (χ0n) is 17.2. The number of benzene rings is 1. The van der Waals surface area contributed by atoms with Gasteiger partial charge in [0.2, 0.25) is 0 Å². The Morgan fingerprint density at radius 1 is 1.21 bits per heavy atom. The number of ether oxygens (including phenoxy) is 3. The van der Waals surface area contributed by atoms with Crippen LogP contribution in [-0.2, 0) is 9.47 Å². The predicted octanol–water partition coefficient (Wildman–Crippen LogP) is 1.98. The summed E-state index contributed by atoms with van der Waals surface area (Å²) in [5.74, 6) is 1.88. The van der Waals surface area contributed by atoms with Crippen LogP contribution in [0.3, 0.4) is 0 Å². The van der Waals surface area contributed by atoms with Gasteiger partial charge in [-0.2, -0.15) is 0 Å². The molecular weight excluding hydrogens is 356 g/mol. The first kappa shape index (κ1) is 20.7. The summed E-state index contributed by atoms with van der Waals surface area (Å²) in [4.78, 5) is 9.50. The van der Waals surface area contributed by atoms with Crippen LogP contribution in [0.4, 0.5) is 5.69 Å². The van der Waals surface area contributed by atoms with Crippen LogP contribution in [0, 0.1) is 0 Å². The lowest BCUT2D eigenvalue weighted by atomic mass is 10.2. The van der Waals surface area contributed by atoms with Crippen LogP contribution in [0.25, 0.3) is 0 Å². The first-order valence-corrected chi connectivity index (χ1v) is 10.4. The summed E-state index contributed by atoms with van der Waals surface area (Å²) in [6, 6.07) is 8.28. The maximum atomic E-state index is 5.73. The Morgan fingerprint density at radius 3 is 2.64 bits per heavy atom. The fraction of sp³-hybridized carbons (Fsp3) is 0.667. The van der Waals surface area contributed by atoms with Gasteiger partial charge < -0.3 is 29.3 Å². The van der Waals surface area contributed by atoms with Crippen molar-refractivity contribution in [2.45, 2.75) is 25.9 Å². The molecule has 1 N–H and O–H groups in total. The van der Waals surface area contributed by atoms with Gasteiger partial charge in [0, 0.05) is 45.0 Å². The largest absolute Gasteiger partial charge is 0.497 e. The highest BCUT2D eigenvalue weighted by Gasteiger charge is 2.20. The predicted molar refractivity (Wildman–Crippen MR) is 113 cm³/mol. The Bertz CT molecular complexity index is 594. The number of rotatable bonds is 8. The molecule has 7 heteroatoms. The molecule has 0 amide bonds. The number of piperazine rings is 1. The van der Waals surface area contributed by atoms with E-state index in [2.05, 4.69) is 34.2 Å². The van der Waals surface area contributed by atoms with Crippen molar-refractivity contribution in [2.75, 3.05) is 71.1 Å². The molecule has 2 fully saturated rings. The van der Waals surface area contributed by atoms with Crippen molar-refractivity contribution in [1.82, 2.24) is 10.2 Å². The molecule has 1 atom stereocenters. The van der Waals surface area contributed by atoms with Gasteiger partial charge in [-0.05, 0) is 44.0 Å². The highest BCUT2D eigenvalue weighted by atomic mass is 16.5. The minimum absolute atomic E-state index is 0.281. The van der Waals surface area contributed by atoms with Crippen LogP contribution in [0.2, 0.25) is 0 Å². The van der Waals surface area contributed by atoms with E-state index in [9.17, 15) is 0 Å². The molecule has 28 heavy (non-hydrogen) atoms. The minimum atomic E-state index is 0.281. The fourth-order valence-corrected chi connectivity index (χ4v) is 3.60. The van der Waals surface area contributed by atoms with Crippen LogP contribution in [0.5, 0.6) is 5.75 Å². The van der Waals surface area contributed by atoms with E-state index in [1.807, 2.05) is 12.1 Å². The number of aliphatic imine (C=N–C) groups is 1. The summed E-state index contributed by atoms with van der Waals surface area (Å²) in [6.45, 7) is 9.72. The number of nitrogens with one attached hydrogen (secondary N) is 1. The maximum absolute atomic E-state index is 5.73. The van der Waals surface area contributed by atoms with E-state index in [0.29, 0.717) is 19.8 Å². The molecule has 1 unspecified atom stereocenters. The molecule has 0 bridgehead atoms. The third-order valence-electron chi connectivity index (χ3n) is 5.18. The molecule has 3 rings (SSSR count). The van der Waals surface area contributed by atoms with Crippen LogP contribution >= 0.6 is 0 Å². The third-order valence-corrected chi connectivity index (χ3v) is 5.18. The van der Waals surface area contributed by atoms with Gasteiger partial charge in [-0.3, -0.25) is 4.99 Å². The first-order valence-electron chi connectivity index (χ1n) is 10.4. The van der Waals surface area contributed by atoms with Gasteiger partial charge in [0.1, 0.15) is 5.75 Å². The third kappa shape index (κ3) is 6.01. The highest BCUT2D eigenvalue weighted by molar-refractivity contribution is 5.80. The van der Waals surface area contributed by atoms with Crippen LogP contribution in [-0.4, -0.2) is 83.2 Å². The lowest BCUT2D eigenvalue weighted by Gasteiger charge is -2.37. The number of nitrogens with zero attached hydrogens (tertiary/aromatic N) is 3. The second-order valence-corrected chi connectivity index (χ2v) is 7.12. The second-order valence-electron chi connectivity index (χ2n) is 7.12. The zero-order valence-corrected chi connectivity index (χ0v) is 17.2. The van der Waals surface area contributed by atoms with Gasteiger partial charge in [0.15, 0.2) is 5.96 Å². The van der Waals surface area contributed by atoms with Gasteiger partial charge in [-0.25, -0.2) is 0 Å². The van der Waals surface area contributed by atoms with Gasteiger partial charge >= 0.3 is 0 Å². The number of methoxy groups -OCH3 is 1. The topological polar surface area (TPSA) is 58.6 Å². The van der Waals surface area contributed by atoms with Crippen molar-refractivity contribution in [3.63, 3.8) is 0 Å². The molecule has 2 saturated heterocycles. The Kier molecular flexibility index (Phi) is 8.23. The fourth-order valence-electron chi connectivity index (χ4n) is 3.60. The van der Waals surface area contributed by atoms with E-state index in [-0.39, 0.29) is 6.10 Å². The van der Waals surface area contributed by atoms with E-state index in [1.165, 1.54) is 5.69 Å². The molecule has 0 spiro atoms. The van der Waals surface area contributed by atoms with E-state index in [4.69, 9.17) is 19.2 Å². The van der Waals surface area contributed by atoms with Crippen molar-refractivity contribution in [2.24, 2.45) is 4.99 Å². The Morgan fingerprint density at radius 2 is 2.00 bits per heavy atom. The molecular formula is C21H34N4O3. The zero-order chi connectivity index (χ0) is 19.6. The molecule has 0 saturated carbocycles. The van der Waals surface area contributed by atoms with Crippen LogP contribution in [0.1, 0.15) is 19.8 Å². The molecule has 1 aromatic carbocycles. The molecule has 0 aliphatic carbocycles. The van der Waals surface area contributed by atoms with Crippen molar-refractivity contribution < 1.29 is 14.2 Å². The van der Waals surface area contributed by atoms with Gasteiger partial charge in [0.25, 0.3) is 0 Å². The summed E-state index contributed by atoms with van der Waals surface area (Å²) in [7, 11) is 1.70. The number of guanidine groups is 1. The molecule has 7 nitrogen and oxygen atoms in total. The van der Waals surface area contributed by atoms with Gasteiger partial charge in [-0.1, -0.05) is 0 Å². The first-order chi connectivity index (χ1) is 13.8. The van der Waals surface area contributed by atoms with E-state index in [1.54, 1.807) is 7.11 Å². The minimum Gasteiger partial charge on any atom is -0.497 e. The molecule has 2 aliphatic rings. The standard InChI is InChI=1S/C21H34N4O3/c1-3-22-21(23-10-16-27-17-20-5-4-15-28-20)25-13-11-24(12-14-25)18-6-8-19(26-2)9-7-18/h6-9,20H,3-5,10-17H2,1-2H3,(H,22,23). The molecule has 2 heterocycles. The molecule has 0 aromatic heterocycles. The summed E-state index contributed by atoms with van der Waals surface area (Å²) in [6.07, 6.45) is 2.55. The highest BCUT2D eigenvalue weighted by Crippen LogP contribution is 2.20. The van der Waals surface area contributed by atoms with Crippen LogP contribution < -0.4 is 15.0 Å². The molecule has 156 valence electrons. The van der Waals surface area contributed by atoms with Crippen molar-refractivity contribution >= 4 is 11.6 Å². The van der Waals surface area contributed by atoms with Crippen molar-refractivity contribution in [3.8, 4) is 5.75 Å². The number of hydrogen-bond donors (Lipinski definition) is 1. The summed E-state index contributed by atoms with van der Waals surface area (Å²) >= 11 is 0. The second kappa shape index (κ2) is 11.1. The van der Waals surface area contributed by atoms with Gasteiger partial charge in [-0.15, -0.1) is 0 Å². The summed E-state index contributed by atoms with van der Waals surface area (Å²) < 4.78 is 16.6.